The summed E-state index contributed by atoms with van der Waals surface area (Å²) in [5.74, 6) is -0.796. The van der Waals surface area contributed by atoms with Gasteiger partial charge in [-0.1, -0.05) is 6.92 Å². The molecule has 0 spiro atoms. The fourth-order valence-corrected chi connectivity index (χ4v) is 8.40. The van der Waals surface area contributed by atoms with Gasteiger partial charge in [-0.15, -0.1) is 11.3 Å². The molecule has 2 aromatic heterocycles. The predicted octanol–water partition coefficient (Wildman–Crippen LogP) is 4.72. The number of carbonyl (C=O) groups excluding carboxylic acids is 1. The Morgan fingerprint density at radius 2 is 1.98 bits per heavy atom. The van der Waals surface area contributed by atoms with Gasteiger partial charge < -0.3 is 20.4 Å². The summed E-state index contributed by atoms with van der Waals surface area (Å²) in [6, 6.07) is 7.37. The lowest BCUT2D eigenvalue weighted by Gasteiger charge is -2.34. The largest absolute Gasteiger partial charge is 0.420 e. The Kier molecular flexibility index (Phi) is 7.42. The standard InChI is InChI=1S/C28H31F3N6O3S2/c1-3-17-12-19(36-9-8-32-16(2)15-36)6-7-21(17)34-27-33-14-20(28(29,30)31)24(35-27)22-13-23-25(41-22)26(38)37(18-4-5-18)10-11-42(23,39)40/h6-7,12-14,16,18,32H,3-5,8-11,15H2,1-2H3,(H,33,34,35). The molecular formula is C28H31F3N6O3S2. The summed E-state index contributed by atoms with van der Waals surface area (Å²) in [6.07, 6.45) is -1.86. The summed E-state index contributed by atoms with van der Waals surface area (Å²) in [7, 11) is -3.87. The average Bonchev–Trinajstić information content (AvgIpc) is 3.69. The zero-order valence-electron chi connectivity index (χ0n) is 23.2. The molecule has 2 N–H and O–H groups in total. The zero-order valence-corrected chi connectivity index (χ0v) is 24.8. The number of aromatic nitrogens is 2. The summed E-state index contributed by atoms with van der Waals surface area (Å²) < 4.78 is 68.4. The van der Waals surface area contributed by atoms with Crippen LogP contribution in [0.3, 0.4) is 0 Å². The van der Waals surface area contributed by atoms with E-state index >= 15 is 0 Å². The maximum atomic E-state index is 14.1. The van der Waals surface area contributed by atoms with Crippen LogP contribution in [0.25, 0.3) is 10.6 Å². The van der Waals surface area contributed by atoms with Crippen LogP contribution in [-0.4, -0.2) is 73.2 Å². The molecule has 4 heterocycles. The maximum Gasteiger partial charge on any atom is 0.420 e. The molecule has 3 aliphatic rings. The normalized spacial score (nSPS) is 20.8. The van der Waals surface area contributed by atoms with Gasteiger partial charge in [-0.2, -0.15) is 13.2 Å². The third-order valence-electron chi connectivity index (χ3n) is 7.85. The molecule has 1 saturated heterocycles. The number of hydrogen-bond acceptors (Lipinski definition) is 9. The summed E-state index contributed by atoms with van der Waals surface area (Å²) >= 11 is 0.733. The Morgan fingerprint density at radius 1 is 1.19 bits per heavy atom. The molecule has 1 unspecified atom stereocenters. The second kappa shape index (κ2) is 10.8. The molecule has 9 nitrogen and oxygen atoms in total. The number of piperazine rings is 1. The van der Waals surface area contributed by atoms with Gasteiger partial charge in [-0.05, 0) is 56.0 Å². The Labute approximate surface area is 246 Å². The lowest BCUT2D eigenvalue weighted by Crippen LogP contribution is -2.49. The van der Waals surface area contributed by atoms with E-state index in [2.05, 4.69) is 38.5 Å². The molecule has 2 fully saturated rings. The molecule has 1 saturated carbocycles. The smallest absolute Gasteiger partial charge is 0.369 e. The van der Waals surface area contributed by atoms with Crippen LogP contribution in [0, 0.1) is 0 Å². The molecule has 0 radical (unpaired) electrons. The van der Waals surface area contributed by atoms with E-state index in [0.717, 1.165) is 61.1 Å². The first-order valence-electron chi connectivity index (χ1n) is 13.9. The van der Waals surface area contributed by atoms with Crippen LogP contribution in [0.15, 0.2) is 35.4 Å². The monoisotopic (exact) mass is 620 g/mol. The molecule has 3 aromatic rings. The van der Waals surface area contributed by atoms with Gasteiger partial charge in [0.25, 0.3) is 5.91 Å². The third kappa shape index (κ3) is 5.59. The highest BCUT2D eigenvalue weighted by molar-refractivity contribution is 7.91. The Bertz CT molecular complexity index is 1640. The third-order valence-corrected chi connectivity index (χ3v) is 10.8. The van der Waals surface area contributed by atoms with Crippen molar-refractivity contribution in [1.82, 2.24) is 20.2 Å². The van der Waals surface area contributed by atoms with Gasteiger partial charge >= 0.3 is 6.18 Å². The Balaban J connectivity index is 1.37. The number of anilines is 3. The zero-order chi connectivity index (χ0) is 29.8. The number of hydrogen-bond donors (Lipinski definition) is 2. The maximum absolute atomic E-state index is 14.1. The first-order valence-corrected chi connectivity index (χ1v) is 16.4. The summed E-state index contributed by atoms with van der Waals surface area (Å²) in [5.41, 5.74) is 1.10. The minimum absolute atomic E-state index is 0.0288. The average molecular weight is 621 g/mol. The summed E-state index contributed by atoms with van der Waals surface area (Å²) in [6.45, 7) is 6.80. The topological polar surface area (TPSA) is 108 Å². The Hall–Kier alpha value is -3.23. The van der Waals surface area contributed by atoms with E-state index in [1.165, 1.54) is 4.90 Å². The van der Waals surface area contributed by atoms with Gasteiger partial charge in [0.15, 0.2) is 9.84 Å². The fraction of sp³-hybridized carbons (Fsp3) is 0.464. The fourth-order valence-electron chi connectivity index (χ4n) is 5.48. The number of amides is 1. The lowest BCUT2D eigenvalue weighted by atomic mass is 10.1. The molecule has 1 aromatic carbocycles. The minimum atomic E-state index is -4.80. The number of nitrogens with zero attached hydrogens (tertiary/aromatic N) is 4. The van der Waals surface area contributed by atoms with Gasteiger partial charge in [0.05, 0.1) is 21.2 Å². The highest BCUT2D eigenvalue weighted by Crippen LogP contribution is 2.43. The van der Waals surface area contributed by atoms with Gasteiger partial charge in [0.2, 0.25) is 5.95 Å². The predicted molar refractivity (Wildman–Crippen MR) is 155 cm³/mol. The van der Waals surface area contributed by atoms with Crippen LogP contribution < -0.4 is 15.5 Å². The number of sulfone groups is 1. The number of alkyl halides is 3. The number of benzene rings is 1. The van der Waals surface area contributed by atoms with Crippen molar-refractivity contribution < 1.29 is 26.4 Å². The quantitative estimate of drug-likeness (QED) is 0.408. The van der Waals surface area contributed by atoms with Gasteiger partial charge in [-0.25, -0.2) is 18.4 Å². The van der Waals surface area contributed by atoms with Crippen molar-refractivity contribution in [3.05, 3.63) is 46.5 Å². The lowest BCUT2D eigenvalue weighted by molar-refractivity contribution is -0.137. The van der Waals surface area contributed by atoms with E-state index in [-0.39, 0.29) is 38.9 Å². The van der Waals surface area contributed by atoms with Crippen molar-refractivity contribution in [2.45, 2.75) is 56.3 Å². The van der Waals surface area contributed by atoms with Crippen LogP contribution in [0.4, 0.5) is 30.5 Å². The van der Waals surface area contributed by atoms with E-state index in [0.29, 0.717) is 24.3 Å². The van der Waals surface area contributed by atoms with Crippen LogP contribution in [-0.2, 0) is 22.4 Å². The summed E-state index contributed by atoms with van der Waals surface area (Å²) in [4.78, 5) is 24.9. The number of fused-ring (bicyclic) bond motifs is 1. The van der Waals surface area contributed by atoms with E-state index in [4.69, 9.17) is 0 Å². The van der Waals surface area contributed by atoms with E-state index in [1.54, 1.807) is 0 Å². The molecule has 2 aliphatic heterocycles. The molecule has 1 aliphatic carbocycles. The van der Waals surface area contributed by atoms with E-state index in [1.807, 2.05) is 19.1 Å². The number of rotatable bonds is 6. The molecule has 224 valence electrons. The number of nitrogens with one attached hydrogen (secondary N) is 2. The second-order valence-electron chi connectivity index (χ2n) is 10.9. The molecule has 1 atom stereocenters. The second-order valence-corrected chi connectivity index (χ2v) is 14.1. The van der Waals surface area contributed by atoms with Crippen molar-refractivity contribution in [2.24, 2.45) is 0 Å². The number of halogens is 3. The van der Waals surface area contributed by atoms with Crippen LogP contribution in [0.2, 0.25) is 0 Å². The van der Waals surface area contributed by atoms with Crippen molar-refractivity contribution in [1.29, 1.82) is 0 Å². The first kappa shape index (κ1) is 28.9. The van der Waals surface area contributed by atoms with Crippen LogP contribution in [0.5, 0.6) is 0 Å². The van der Waals surface area contributed by atoms with Crippen LogP contribution >= 0.6 is 11.3 Å². The van der Waals surface area contributed by atoms with E-state index in [9.17, 15) is 26.4 Å². The highest BCUT2D eigenvalue weighted by atomic mass is 32.2. The van der Waals surface area contributed by atoms with Crippen molar-refractivity contribution in [3.63, 3.8) is 0 Å². The van der Waals surface area contributed by atoms with Gasteiger partial charge in [0, 0.05) is 55.8 Å². The van der Waals surface area contributed by atoms with E-state index < -0.39 is 33.2 Å². The van der Waals surface area contributed by atoms with Crippen molar-refractivity contribution >= 4 is 44.4 Å². The van der Waals surface area contributed by atoms with Crippen molar-refractivity contribution in [2.75, 3.05) is 42.1 Å². The Morgan fingerprint density at radius 3 is 2.67 bits per heavy atom. The minimum Gasteiger partial charge on any atom is -0.369 e. The molecule has 42 heavy (non-hydrogen) atoms. The molecule has 6 rings (SSSR count). The molecule has 14 heteroatoms. The van der Waals surface area contributed by atoms with Crippen molar-refractivity contribution in [3.8, 4) is 10.6 Å². The van der Waals surface area contributed by atoms with Crippen LogP contribution in [0.1, 0.15) is 47.5 Å². The van der Waals surface area contributed by atoms with Gasteiger partial charge in [-0.3, -0.25) is 4.79 Å². The number of aryl methyl sites for hydroxylation is 1. The number of carbonyl (C=O) groups is 1. The van der Waals surface area contributed by atoms with Gasteiger partial charge in [0.1, 0.15) is 10.4 Å². The SMILES string of the molecule is CCc1cc(N2CCNC(C)C2)ccc1Nc1ncc(C(F)(F)F)c(-c2cc3c(s2)C(=O)N(C2CC2)CCS3(=O)=O)n1. The highest BCUT2D eigenvalue weighted by Gasteiger charge is 2.41. The molecular weight excluding hydrogens is 589 g/mol. The molecule has 0 bridgehead atoms. The first-order chi connectivity index (χ1) is 19.9. The molecule has 1 amide bonds. The number of thiophene rings is 1. The summed E-state index contributed by atoms with van der Waals surface area (Å²) in [5, 5.41) is 6.49.